The van der Waals surface area contributed by atoms with E-state index in [2.05, 4.69) is 14.1 Å². The maximum Gasteiger partial charge on any atom is 0.175 e. The second-order valence-electron chi connectivity index (χ2n) is 10.2. The lowest BCUT2D eigenvalue weighted by Gasteiger charge is -2.51. The zero-order chi connectivity index (χ0) is 21.0. The van der Waals surface area contributed by atoms with Gasteiger partial charge in [-0.1, -0.05) is 6.07 Å². The molecule has 6 nitrogen and oxygen atoms in total. The molecule has 29 heavy (non-hydrogen) atoms. The molecule has 0 saturated heterocycles. The Morgan fingerprint density at radius 2 is 1.86 bits per heavy atom. The number of aromatic hydroxyl groups is 2. The molecule has 3 aliphatic rings. The van der Waals surface area contributed by atoms with E-state index in [1.54, 1.807) is 6.07 Å². The van der Waals surface area contributed by atoms with Gasteiger partial charge in [-0.3, -0.25) is 4.79 Å². The number of rotatable bonds is 5. The number of nitrogens with zero attached hydrogens (tertiary/aromatic N) is 1. The van der Waals surface area contributed by atoms with Gasteiger partial charge in [-0.15, -0.1) is 0 Å². The van der Waals surface area contributed by atoms with Crippen LogP contribution in [0.1, 0.15) is 56.1 Å². The fourth-order valence-corrected chi connectivity index (χ4v) is 5.85. The highest BCUT2D eigenvalue weighted by atomic mass is 16.3. The van der Waals surface area contributed by atoms with E-state index in [9.17, 15) is 25.2 Å². The van der Waals surface area contributed by atoms with Crippen molar-refractivity contribution >= 4 is 5.78 Å². The number of aryl methyl sites for hydroxylation is 1. The summed E-state index contributed by atoms with van der Waals surface area (Å²) in [6.07, 6.45) is 3.95. The van der Waals surface area contributed by atoms with Crippen LogP contribution in [0.3, 0.4) is 0 Å². The van der Waals surface area contributed by atoms with Gasteiger partial charge in [-0.25, -0.2) is 0 Å². The summed E-state index contributed by atoms with van der Waals surface area (Å²) >= 11 is 0. The van der Waals surface area contributed by atoms with Gasteiger partial charge in [-0.05, 0) is 56.6 Å². The van der Waals surface area contributed by atoms with Crippen molar-refractivity contribution < 1.29 is 29.7 Å². The third kappa shape index (κ3) is 3.35. The van der Waals surface area contributed by atoms with Gasteiger partial charge in [0.1, 0.15) is 6.10 Å². The summed E-state index contributed by atoms with van der Waals surface area (Å²) < 4.78 is 0.723. The van der Waals surface area contributed by atoms with Crippen LogP contribution in [0.5, 0.6) is 11.5 Å². The number of phenols is 2. The van der Waals surface area contributed by atoms with E-state index < -0.39 is 22.9 Å². The normalized spacial score (nSPS) is 32.4. The lowest BCUT2D eigenvalue weighted by Crippen LogP contribution is -2.64. The average Bonchev–Trinajstić information content (AvgIpc) is 3.47. The zero-order valence-corrected chi connectivity index (χ0v) is 17.5. The largest absolute Gasteiger partial charge is 0.504 e. The predicted octanol–water partition coefficient (Wildman–Crippen LogP) is 2.00. The molecule has 0 bridgehead atoms. The molecule has 3 atom stereocenters. The van der Waals surface area contributed by atoms with Crippen LogP contribution in [-0.2, 0) is 16.6 Å². The highest BCUT2D eigenvalue weighted by Gasteiger charge is 2.63. The lowest BCUT2D eigenvalue weighted by atomic mass is 9.55. The van der Waals surface area contributed by atoms with Crippen molar-refractivity contribution in [1.29, 1.82) is 0 Å². The molecule has 2 saturated carbocycles. The summed E-state index contributed by atoms with van der Waals surface area (Å²) in [6, 6.07) is 3.19. The van der Waals surface area contributed by atoms with Crippen LogP contribution in [0.4, 0.5) is 0 Å². The smallest absolute Gasteiger partial charge is 0.175 e. The molecule has 2 fully saturated rings. The van der Waals surface area contributed by atoms with Gasteiger partial charge in [0.2, 0.25) is 0 Å². The molecule has 3 aliphatic carbocycles. The average molecular weight is 405 g/mol. The van der Waals surface area contributed by atoms with Gasteiger partial charge in [0.25, 0.3) is 0 Å². The molecule has 6 heteroatoms. The third-order valence-corrected chi connectivity index (χ3v) is 7.60. The van der Waals surface area contributed by atoms with Crippen LogP contribution in [-0.4, -0.2) is 69.6 Å². The molecule has 0 amide bonds. The Labute approximate surface area is 172 Å². The molecule has 0 radical (unpaired) electrons. The minimum Gasteiger partial charge on any atom is -0.504 e. The molecule has 160 valence electrons. The number of quaternary nitrogens is 1. The fourth-order valence-electron chi connectivity index (χ4n) is 5.85. The molecule has 3 unspecified atom stereocenters. The van der Waals surface area contributed by atoms with Crippen molar-refractivity contribution in [2.45, 2.75) is 68.5 Å². The van der Waals surface area contributed by atoms with Gasteiger partial charge in [0.05, 0.1) is 38.2 Å². The maximum atomic E-state index is 13.6. The summed E-state index contributed by atoms with van der Waals surface area (Å²) in [5, 5.41) is 43.5. The van der Waals surface area contributed by atoms with Crippen molar-refractivity contribution in [3.63, 3.8) is 0 Å². The second kappa shape index (κ2) is 6.96. The Balaban J connectivity index is 1.85. The number of carbonyl (C=O) groups is 1. The van der Waals surface area contributed by atoms with Gasteiger partial charge < -0.3 is 24.9 Å². The highest BCUT2D eigenvalue weighted by molar-refractivity contribution is 5.97. The van der Waals surface area contributed by atoms with Crippen LogP contribution in [0, 0.1) is 5.92 Å². The Kier molecular flexibility index (Phi) is 4.95. The van der Waals surface area contributed by atoms with Crippen LogP contribution in [0.15, 0.2) is 12.1 Å². The molecular formula is C23H34NO5+. The number of phenolic OH excluding ortho intramolecular Hbond substituents is 2. The number of ketones is 1. The molecule has 1 aromatic carbocycles. The Bertz CT molecular complexity index is 814. The number of hydrogen-bond donors (Lipinski definition) is 4. The molecular weight excluding hydrogens is 370 g/mol. The van der Waals surface area contributed by atoms with Crippen LogP contribution >= 0.6 is 0 Å². The molecule has 4 N–H and O–H groups in total. The van der Waals surface area contributed by atoms with E-state index in [-0.39, 0.29) is 17.9 Å². The maximum absolute atomic E-state index is 13.6. The van der Waals surface area contributed by atoms with Crippen LogP contribution in [0.25, 0.3) is 0 Å². The summed E-state index contributed by atoms with van der Waals surface area (Å²) in [4.78, 5) is 13.6. The monoisotopic (exact) mass is 404 g/mol. The van der Waals surface area contributed by atoms with E-state index in [0.717, 1.165) is 16.6 Å². The van der Waals surface area contributed by atoms with Crippen molar-refractivity contribution in [3.05, 3.63) is 23.3 Å². The number of fused-ring (bicyclic) bond motifs is 3. The molecule has 0 aromatic heterocycles. The number of aliphatic hydroxyl groups excluding tert-OH is 1. The van der Waals surface area contributed by atoms with E-state index in [4.69, 9.17) is 0 Å². The summed E-state index contributed by atoms with van der Waals surface area (Å²) in [6.45, 7) is 1.66. The lowest BCUT2D eigenvalue weighted by molar-refractivity contribution is -0.892. The Morgan fingerprint density at radius 3 is 2.55 bits per heavy atom. The highest BCUT2D eigenvalue weighted by Crippen LogP contribution is 2.56. The summed E-state index contributed by atoms with van der Waals surface area (Å²) in [5.41, 5.74) is -1.61. The summed E-state index contributed by atoms with van der Waals surface area (Å²) in [7, 11) is 4.27. The number of aliphatic hydroxyl groups is 2. The Hall–Kier alpha value is -1.63. The quantitative estimate of drug-likeness (QED) is 0.445. The Morgan fingerprint density at radius 1 is 1.14 bits per heavy atom. The second-order valence-corrected chi connectivity index (χ2v) is 10.2. The number of benzene rings is 1. The first-order valence-electron chi connectivity index (χ1n) is 10.9. The van der Waals surface area contributed by atoms with Crippen molar-refractivity contribution in [3.8, 4) is 11.5 Å². The van der Waals surface area contributed by atoms with E-state index in [1.165, 1.54) is 18.9 Å². The fraction of sp³-hybridized carbons (Fsp3) is 0.696. The molecule has 1 aromatic rings. The first-order valence-corrected chi connectivity index (χ1v) is 10.9. The predicted molar refractivity (Wildman–Crippen MR) is 109 cm³/mol. The molecule has 0 spiro atoms. The van der Waals surface area contributed by atoms with Crippen LogP contribution in [0.2, 0.25) is 0 Å². The SMILES string of the molecule is C[N+](C)(CCC12C(=O)C(O)CCC1(O)CCCc1ccc(O)c(O)c12)CC1CC1. The van der Waals surface area contributed by atoms with Crippen molar-refractivity contribution in [2.75, 3.05) is 27.2 Å². The van der Waals surface area contributed by atoms with Gasteiger partial charge >= 0.3 is 0 Å². The zero-order valence-electron chi connectivity index (χ0n) is 17.5. The number of carbonyl (C=O) groups excluding carboxylic acids is 1. The number of Topliss-reactive ketones (excluding diaryl/α,β-unsaturated/α-hetero) is 1. The van der Waals surface area contributed by atoms with Gasteiger partial charge in [0, 0.05) is 17.9 Å². The molecule has 4 rings (SSSR count). The number of hydrogen-bond acceptors (Lipinski definition) is 5. The minimum absolute atomic E-state index is 0.228. The van der Waals surface area contributed by atoms with Gasteiger partial charge in [-0.2, -0.15) is 0 Å². The first kappa shape index (κ1) is 20.6. The van der Waals surface area contributed by atoms with E-state index in [0.29, 0.717) is 50.1 Å². The molecule has 0 heterocycles. The molecule has 0 aliphatic heterocycles. The van der Waals surface area contributed by atoms with E-state index >= 15 is 0 Å². The third-order valence-electron chi connectivity index (χ3n) is 7.60. The van der Waals surface area contributed by atoms with Gasteiger partial charge in [0.15, 0.2) is 17.3 Å². The van der Waals surface area contributed by atoms with Crippen LogP contribution < -0.4 is 0 Å². The summed E-state index contributed by atoms with van der Waals surface area (Å²) in [5.74, 6) is -0.306. The van der Waals surface area contributed by atoms with E-state index in [1.807, 2.05) is 0 Å². The topological polar surface area (TPSA) is 98.0 Å². The first-order chi connectivity index (χ1) is 13.6. The van der Waals surface area contributed by atoms with Crippen molar-refractivity contribution in [2.24, 2.45) is 5.92 Å². The minimum atomic E-state index is -1.40. The van der Waals surface area contributed by atoms with Crippen molar-refractivity contribution in [1.82, 2.24) is 0 Å². The standard InChI is InChI=1S/C23H33NO5/c1-24(2,14-15-5-6-15)13-12-23-19-16(7-8-17(25)20(19)27)4-3-10-22(23,29)11-9-18(26)21(23)28/h7-8,15,18,26,29H,3-6,9-14H2,1-2H3,(H-,25,27)/p+1.